The van der Waals surface area contributed by atoms with Crippen molar-refractivity contribution >= 4 is 35.0 Å². The van der Waals surface area contributed by atoms with E-state index in [1.54, 1.807) is 23.9 Å². The van der Waals surface area contributed by atoms with E-state index in [1.165, 1.54) is 16.0 Å². The van der Waals surface area contributed by atoms with Gasteiger partial charge in [0.05, 0.1) is 5.25 Å². The summed E-state index contributed by atoms with van der Waals surface area (Å²) < 4.78 is 0. The molecule has 1 N–H and O–H groups in total. The zero-order valence-corrected chi connectivity index (χ0v) is 12.6. The smallest absolute Gasteiger partial charge is 0.238 e. The summed E-state index contributed by atoms with van der Waals surface area (Å²) in [6.45, 7) is 2.07. The van der Waals surface area contributed by atoms with E-state index in [-0.39, 0.29) is 11.2 Å². The SMILES string of the molecule is Cc1ccc2c(c1)S[C@H](C(=O)Nc1ccc(Cl)cc1)C2. The number of fused-ring (bicyclic) bond motifs is 1. The van der Waals surface area contributed by atoms with Crippen LogP contribution in [0, 0.1) is 6.92 Å². The number of carbonyl (C=O) groups is 1. The van der Waals surface area contributed by atoms with Crippen LogP contribution in [0.15, 0.2) is 47.4 Å². The van der Waals surface area contributed by atoms with Gasteiger partial charge in [0, 0.05) is 15.6 Å². The molecule has 1 aliphatic rings. The molecule has 2 nitrogen and oxygen atoms in total. The number of aryl methyl sites for hydroxylation is 1. The van der Waals surface area contributed by atoms with Crippen molar-refractivity contribution < 1.29 is 4.79 Å². The molecule has 0 fully saturated rings. The van der Waals surface area contributed by atoms with Gasteiger partial charge in [0.25, 0.3) is 0 Å². The first-order valence-electron chi connectivity index (χ1n) is 6.44. The van der Waals surface area contributed by atoms with Crippen LogP contribution in [0.3, 0.4) is 0 Å². The Morgan fingerprint density at radius 1 is 1.25 bits per heavy atom. The maximum absolute atomic E-state index is 12.3. The van der Waals surface area contributed by atoms with Crippen LogP contribution in [-0.2, 0) is 11.2 Å². The van der Waals surface area contributed by atoms with Crippen LogP contribution in [0.2, 0.25) is 5.02 Å². The summed E-state index contributed by atoms with van der Waals surface area (Å²) in [6, 6.07) is 13.5. The number of benzene rings is 2. The van der Waals surface area contributed by atoms with Crippen molar-refractivity contribution in [1.82, 2.24) is 0 Å². The van der Waals surface area contributed by atoms with E-state index < -0.39 is 0 Å². The third kappa shape index (κ3) is 2.84. The average molecular weight is 304 g/mol. The van der Waals surface area contributed by atoms with Gasteiger partial charge in [-0.25, -0.2) is 0 Å². The van der Waals surface area contributed by atoms with Gasteiger partial charge in [-0.1, -0.05) is 29.3 Å². The first-order valence-corrected chi connectivity index (χ1v) is 7.70. The van der Waals surface area contributed by atoms with Crippen LogP contribution < -0.4 is 5.32 Å². The van der Waals surface area contributed by atoms with Crippen molar-refractivity contribution in [2.75, 3.05) is 5.32 Å². The number of nitrogens with one attached hydrogen (secondary N) is 1. The Morgan fingerprint density at radius 3 is 2.75 bits per heavy atom. The van der Waals surface area contributed by atoms with Crippen molar-refractivity contribution in [2.24, 2.45) is 0 Å². The molecule has 0 aliphatic carbocycles. The Morgan fingerprint density at radius 2 is 2.00 bits per heavy atom. The van der Waals surface area contributed by atoms with Crippen molar-refractivity contribution in [3.8, 4) is 0 Å². The predicted octanol–water partition coefficient (Wildman–Crippen LogP) is 4.30. The van der Waals surface area contributed by atoms with Crippen LogP contribution in [-0.4, -0.2) is 11.2 Å². The number of hydrogen-bond acceptors (Lipinski definition) is 2. The third-order valence-electron chi connectivity index (χ3n) is 3.30. The molecule has 4 heteroatoms. The van der Waals surface area contributed by atoms with E-state index in [1.807, 2.05) is 12.1 Å². The molecule has 2 aromatic rings. The number of amides is 1. The Balaban J connectivity index is 1.69. The van der Waals surface area contributed by atoms with E-state index >= 15 is 0 Å². The molecule has 3 rings (SSSR count). The van der Waals surface area contributed by atoms with Crippen molar-refractivity contribution in [1.29, 1.82) is 0 Å². The fraction of sp³-hybridized carbons (Fsp3) is 0.188. The minimum atomic E-state index is -0.0533. The molecule has 1 atom stereocenters. The van der Waals surface area contributed by atoms with Crippen LogP contribution >= 0.6 is 23.4 Å². The fourth-order valence-electron chi connectivity index (χ4n) is 2.24. The second-order valence-electron chi connectivity index (χ2n) is 4.92. The summed E-state index contributed by atoms with van der Waals surface area (Å²) >= 11 is 7.48. The maximum atomic E-state index is 12.3. The van der Waals surface area contributed by atoms with Gasteiger partial charge in [0.15, 0.2) is 0 Å². The highest BCUT2D eigenvalue weighted by molar-refractivity contribution is 8.01. The maximum Gasteiger partial charge on any atom is 0.238 e. The lowest BCUT2D eigenvalue weighted by Crippen LogP contribution is -2.24. The van der Waals surface area contributed by atoms with E-state index in [0.717, 1.165) is 12.1 Å². The summed E-state index contributed by atoms with van der Waals surface area (Å²) in [7, 11) is 0. The second-order valence-corrected chi connectivity index (χ2v) is 6.60. The predicted molar refractivity (Wildman–Crippen MR) is 84.6 cm³/mol. The molecule has 2 aromatic carbocycles. The zero-order chi connectivity index (χ0) is 14.1. The summed E-state index contributed by atoms with van der Waals surface area (Å²) in [5.41, 5.74) is 3.28. The molecule has 0 spiro atoms. The molecule has 1 heterocycles. The summed E-state index contributed by atoms with van der Waals surface area (Å²) in [5.74, 6) is 0.0474. The molecule has 0 saturated carbocycles. The lowest BCUT2D eigenvalue weighted by molar-refractivity contribution is -0.115. The largest absolute Gasteiger partial charge is 0.325 e. The minimum Gasteiger partial charge on any atom is -0.325 e. The van der Waals surface area contributed by atoms with Crippen molar-refractivity contribution in [2.45, 2.75) is 23.5 Å². The molecule has 0 bridgehead atoms. The summed E-state index contributed by atoms with van der Waals surface area (Å²) in [4.78, 5) is 13.5. The molecule has 1 amide bonds. The third-order valence-corrected chi connectivity index (χ3v) is 4.85. The summed E-state index contributed by atoms with van der Waals surface area (Å²) in [5, 5.41) is 3.56. The van der Waals surface area contributed by atoms with Gasteiger partial charge in [-0.3, -0.25) is 4.79 Å². The number of rotatable bonds is 2. The molecule has 20 heavy (non-hydrogen) atoms. The van der Waals surface area contributed by atoms with Gasteiger partial charge in [-0.05, 0) is 49.2 Å². The van der Waals surface area contributed by atoms with Gasteiger partial charge in [0.2, 0.25) is 5.91 Å². The van der Waals surface area contributed by atoms with Gasteiger partial charge >= 0.3 is 0 Å². The summed E-state index contributed by atoms with van der Waals surface area (Å²) in [6.07, 6.45) is 0.791. The number of halogens is 1. The van der Waals surface area contributed by atoms with Crippen molar-refractivity contribution in [3.63, 3.8) is 0 Å². The van der Waals surface area contributed by atoms with Gasteiger partial charge < -0.3 is 5.32 Å². The highest BCUT2D eigenvalue weighted by atomic mass is 35.5. The Labute approximate surface area is 127 Å². The quantitative estimate of drug-likeness (QED) is 0.896. The average Bonchev–Trinajstić information content (AvgIpc) is 2.84. The van der Waals surface area contributed by atoms with E-state index in [2.05, 4.69) is 30.4 Å². The molecular formula is C16H14ClNOS. The van der Waals surface area contributed by atoms with Crippen LogP contribution in [0.5, 0.6) is 0 Å². The molecular weight excluding hydrogens is 290 g/mol. The second kappa shape index (κ2) is 5.51. The van der Waals surface area contributed by atoms with E-state index in [0.29, 0.717) is 5.02 Å². The lowest BCUT2D eigenvalue weighted by atomic mass is 10.1. The van der Waals surface area contributed by atoms with Gasteiger partial charge in [-0.15, -0.1) is 11.8 Å². The molecule has 0 unspecified atom stereocenters. The molecule has 1 aliphatic heterocycles. The Bertz CT molecular complexity index is 654. The first kappa shape index (κ1) is 13.5. The monoisotopic (exact) mass is 303 g/mol. The standard InChI is InChI=1S/C16H14ClNOS/c1-10-2-3-11-9-15(20-14(11)8-10)16(19)18-13-6-4-12(17)5-7-13/h2-8,15H,9H2,1H3,(H,18,19)/t15-/m0/s1. The number of anilines is 1. The van der Waals surface area contributed by atoms with Gasteiger partial charge in [0.1, 0.15) is 0 Å². The normalized spacial score (nSPS) is 16.8. The van der Waals surface area contributed by atoms with E-state index in [4.69, 9.17) is 11.6 Å². The van der Waals surface area contributed by atoms with Crippen LogP contribution in [0.1, 0.15) is 11.1 Å². The van der Waals surface area contributed by atoms with E-state index in [9.17, 15) is 4.79 Å². The molecule has 0 radical (unpaired) electrons. The Kier molecular flexibility index (Phi) is 3.72. The van der Waals surface area contributed by atoms with Crippen LogP contribution in [0.4, 0.5) is 5.69 Å². The number of thioether (sulfide) groups is 1. The van der Waals surface area contributed by atoms with Crippen LogP contribution in [0.25, 0.3) is 0 Å². The fourth-order valence-corrected chi connectivity index (χ4v) is 3.66. The zero-order valence-electron chi connectivity index (χ0n) is 11.0. The lowest BCUT2D eigenvalue weighted by Gasteiger charge is -2.09. The highest BCUT2D eigenvalue weighted by Gasteiger charge is 2.28. The minimum absolute atomic E-state index is 0.0474. The molecule has 0 saturated heterocycles. The van der Waals surface area contributed by atoms with Gasteiger partial charge in [-0.2, -0.15) is 0 Å². The molecule has 0 aromatic heterocycles. The molecule has 102 valence electrons. The highest BCUT2D eigenvalue weighted by Crippen LogP contribution is 2.38. The first-order chi connectivity index (χ1) is 9.61. The number of hydrogen-bond donors (Lipinski definition) is 1. The number of carbonyl (C=O) groups excluding carboxylic acids is 1. The Hall–Kier alpha value is -1.45. The topological polar surface area (TPSA) is 29.1 Å². The van der Waals surface area contributed by atoms with Crippen molar-refractivity contribution in [3.05, 3.63) is 58.6 Å².